The molecular formula is C30H47FN4O4. The van der Waals surface area contributed by atoms with Crippen molar-refractivity contribution in [3.8, 4) is 0 Å². The van der Waals surface area contributed by atoms with Crippen LogP contribution in [0.25, 0.3) is 0 Å². The molecule has 1 atom stereocenters. The summed E-state index contributed by atoms with van der Waals surface area (Å²) in [4.78, 5) is 26.0. The molecule has 0 saturated heterocycles. The van der Waals surface area contributed by atoms with Gasteiger partial charge in [-0.05, 0) is 50.7 Å². The summed E-state index contributed by atoms with van der Waals surface area (Å²) in [5.41, 5.74) is 8.14. The Hall–Kier alpha value is -3.69. The van der Waals surface area contributed by atoms with Crippen LogP contribution < -0.4 is 16.0 Å². The molecule has 1 amide bonds. The van der Waals surface area contributed by atoms with Gasteiger partial charge in [0, 0.05) is 62.9 Å². The van der Waals surface area contributed by atoms with Crippen LogP contribution in [0.5, 0.6) is 0 Å². The van der Waals surface area contributed by atoms with E-state index in [1.54, 1.807) is 17.0 Å². The fraction of sp³-hybridized carbons (Fsp3) is 0.400. The first-order valence-electron chi connectivity index (χ1n) is 12.7. The number of hydrogen-bond acceptors (Lipinski definition) is 6. The van der Waals surface area contributed by atoms with E-state index in [0.717, 1.165) is 31.1 Å². The van der Waals surface area contributed by atoms with Crippen LogP contribution in [0.2, 0.25) is 0 Å². The van der Waals surface area contributed by atoms with Crippen molar-refractivity contribution in [1.29, 1.82) is 0 Å². The summed E-state index contributed by atoms with van der Waals surface area (Å²) in [7, 11) is 6.86. The van der Waals surface area contributed by atoms with Crippen molar-refractivity contribution >= 4 is 17.6 Å². The first-order chi connectivity index (χ1) is 18.5. The zero-order chi connectivity index (χ0) is 30.5. The quantitative estimate of drug-likeness (QED) is 0.299. The zero-order valence-electron chi connectivity index (χ0n) is 24.7. The third kappa shape index (κ3) is 13.1. The van der Waals surface area contributed by atoms with Crippen molar-refractivity contribution in [3.63, 3.8) is 0 Å². The molecule has 39 heavy (non-hydrogen) atoms. The van der Waals surface area contributed by atoms with Gasteiger partial charge in [0.15, 0.2) is 0 Å². The lowest BCUT2D eigenvalue weighted by molar-refractivity contribution is -0.132. The number of hydrogen-bond donors (Lipinski definition) is 4. The molecule has 218 valence electrons. The molecule has 1 heterocycles. The monoisotopic (exact) mass is 546 g/mol. The van der Waals surface area contributed by atoms with E-state index in [0.29, 0.717) is 17.7 Å². The second-order valence-corrected chi connectivity index (χ2v) is 8.58. The van der Waals surface area contributed by atoms with Crippen molar-refractivity contribution < 1.29 is 24.2 Å². The summed E-state index contributed by atoms with van der Waals surface area (Å²) in [6, 6.07) is 12.5. The topological polar surface area (TPSA) is 119 Å². The van der Waals surface area contributed by atoms with Gasteiger partial charge in [0.25, 0.3) is 5.91 Å². The minimum absolute atomic E-state index is 0.0984. The van der Waals surface area contributed by atoms with E-state index < -0.39 is 5.97 Å². The Kier molecular flexibility index (Phi) is 20.4. The van der Waals surface area contributed by atoms with Crippen molar-refractivity contribution in [2.24, 2.45) is 5.73 Å². The number of nitrogens with two attached hydrogens (primary N) is 1. The molecule has 0 aliphatic carbocycles. The highest BCUT2D eigenvalue weighted by molar-refractivity contribution is 5.99. The second kappa shape index (κ2) is 21.3. The second-order valence-electron chi connectivity index (χ2n) is 8.58. The number of carboxylic acids is 1. The van der Waals surface area contributed by atoms with Crippen molar-refractivity contribution in [2.45, 2.75) is 46.7 Å². The number of carbonyl (C=O) groups is 2. The molecule has 1 aliphatic rings. The number of nitrogens with zero attached hydrogens (tertiary/aromatic N) is 2. The number of benzene rings is 2. The van der Waals surface area contributed by atoms with E-state index in [2.05, 4.69) is 25.7 Å². The molecule has 0 bridgehead atoms. The van der Waals surface area contributed by atoms with Crippen LogP contribution in [0.3, 0.4) is 0 Å². The summed E-state index contributed by atoms with van der Waals surface area (Å²) in [5, 5.41) is 17.9. The fourth-order valence-corrected chi connectivity index (χ4v) is 3.16. The molecular weight excluding hydrogens is 499 g/mol. The Labute approximate surface area is 233 Å². The van der Waals surface area contributed by atoms with Crippen LogP contribution >= 0.6 is 0 Å². The summed E-state index contributed by atoms with van der Waals surface area (Å²) >= 11 is 0. The highest BCUT2D eigenvalue weighted by atomic mass is 19.1. The molecule has 0 radical (unpaired) electrons. The van der Waals surface area contributed by atoms with Gasteiger partial charge in [-0.25, -0.2) is 9.18 Å². The Morgan fingerprint density at radius 3 is 2.05 bits per heavy atom. The maximum atomic E-state index is 14.0. The maximum Gasteiger partial charge on any atom is 0.332 e. The zero-order valence-corrected chi connectivity index (χ0v) is 24.7. The number of aliphatic hydroxyl groups is 1. The normalized spacial score (nSPS) is 13.1. The highest BCUT2D eigenvalue weighted by Crippen LogP contribution is 2.36. The van der Waals surface area contributed by atoms with Crippen LogP contribution in [0.4, 0.5) is 10.1 Å². The maximum absolute atomic E-state index is 14.0. The minimum atomic E-state index is -0.970. The first kappa shape index (κ1) is 37.5. The number of carboxylic acid groups (broad SMARTS) is 1. The molecule has 8 nitrogen and oxygen atoms in total. The van der Waals surface area contributed by atoms with E-state index in [4.69, 9.17) is 15.9 Å². The molecule has 5 N–H and O–H groups in total. The number of likely N-dealkylation sites (N-methyl/N-ethyl adjacent to an activating group) is 1. The molecule has 1 aliphatic heterocycles. The van der Waals surface area contributed by atoms with Gasteiger partial charge in [0.05, 0.1) is 6.04 Å². The molecule has 0 spiro atoms. The largest absolute Gasteiger partial charge is 0.478 e. The van der Waals surface area contributed by atoms with E-state index in [9.17, 15) is 14.0 Å². The minimum Gasteiger partial charge on any atom is -0.478 e. The number of carbonyl (C=O) groups excluding carboxylic acids is 1. The van der Waals surface area contributed by atoms with Crippen LogP contribution in [0.1, 0.15) is 61.6 Å². The van der Waals surface area contributed by atoms with E-state index in [1.165, 1.54) is 19.4 Å². The van der Waals surface area contributed by atoms with E-state index >= 15 is 0 Å². The third-order valence-corrected chi connectivity index (χ3v) is 5.17. The number of aliphatic hydroxyl groups excluding tert-OH is 1. The van der Waals surface area contributed by atoms with Gasteiger partial charge in [0.2, 0.25) is 0 Å². The number of fused-ring (bicyclic) bond motifs is 1. The van der Waals surface area contributed by atoms with Gasteiger partial charge < -0.3 is 31.1 Å². The van der Waals surface area contributed by atoms with Gasteiger partial charge in [-0.2, -0.15) is 0 Å². The average Bonchev–Trinajstić information content (AvgIpc) is 3.17. The van der Waals surface area contributed by atoms with Crippen LogP contribution in [-0.4, -0.2) is 61.8 Å². The van der Waals surface area contributed by atoms with Gasteiger partial charge in [-0.15, -0.1) is 6.58 Å². The third-order valence-electron chi connectivity index (χ3n) is 5.17. The van der Waals surface area contributed by atoms with Gasteiger partial charge in [-0.1, -0.05) is 44.5 Å². The predicted octanol–water partition coefficient (Wildman–Crippen LogP) is 4.96. The number of anilines is 1. The summed E-state index contributed by atoms with van der Waals surface area (Å²) in [5.74, 6) is -1.37. The summed E-state index contributed by atoms with van der Waals surface area (Å²) < 4.78 is 14.0. The Bertz CT molecular complexity index is 1020. The Morgan fingerprint density at radius 2 is 1.72 bits per heavy atom. The number of aliphatic carboxylic acids is 1. The van der Waals surface area contributed by atoms with Crippen LogP contribution in [0, 0.1) is 5.82 Å². The Morgan fingerprint density at radius 1 is 1.18 bits per heavy atom. The predicted molar refractivity (Wildman–Crippen MR) is 159 cm³/mol. The highest BCUT2D eigenvalue weighted by Gasteiger charge is 2.35. The molecule has 9 heteroatoms. The molecule has 1 unspecified atom stereocenters. The lowest BCUT2D eigenvalue weighted by Gasteiger charge is -2.22. The van der Waals surface area contributed by atoms with Crippen molar-refractivity contribution in [3.05, 3.63) is 89.4 Å². The van der Waals surface area contributed by atoms with Crippen LogP contribution in [-0.2, 0) is 11.3 Å². The fourth-order valence-electron chi connectivity index (χ4n) is 3.16. The van der Waals surface area contributed by atoms with Gasteiger partial charge >= 0.3 is 5.97 Å². The lowest BCUT2D eigenvalue weighted by Crippen LogP contribution is -2.26. The van der Waals surface area contributed by atoms with Crippen molar-refractivity contribution in [1.82, 2.24) is 10.2 Å². The van der Waals surface area contributed by atoms with Crippen molar-refractivity contribution in [2.75, 3.05) is 39.7 Å². The SMILES string of the molecule is C/C(=C\N)C(=O)O.C=CCNC.CC1c2c(F)cccc2C(=O)N1Cc1ccc(N(C)C)cc1.CCC.CO. The number of amides is 1. The molecule has 3 rings (SSSR count). The molecule has 0 saturated carbocycles. The molecule has 0 aromatic heterocycles. The van der Waals surface area contributed by atoms with Gasteiger partial charge in [0.1, 0.15) is 5.82 Å². The molecule has 2 aromatic carbocycles. The molecule has 2 aromatic rings. The number of halogens is 1. The average molecular weight is 547 g/mol. The standard InChI is InChI=1S/C18H19FN2O.C4H7NO2.C4H9N.C3H8.CH4O/c1-12-17-15(5-4-6-16(17)19)18(22)21(12)11-13-7-9-14(10-8-13)20(2)3;1-3(2-5)4(6)7;1-3-4-5-2;1-3-2;1-2/h4-10,12H,11H2,1-3H3;2H,5H2,1H3,(H,6,7);3,5H,1,4H2,2H3;3H2,1-2H3;2H,1H3/b;3-2+;;;. The van der Waals surface area contributed by atoms with Gasteiger partial charge in [-0.3, -0.25) is 4.79 Å². The van der Waals surface area contributed by atoms with E-state index in [1.807, 2.05) is 63.3 Å². The van der Waals surface area contributed by atoms with E-state index in [-0.39, 0.29) is 23.3 Å². The number of rotatable bonds is 6. The Balaban J connectivity index is 0. The smallest absolute Gasteiger partial charge is 0.332 e. The summed E-state index contributed by atoms with van der Waals surface area (Å²) in [6.07, 6.45) is 4.13. The first-order valence-corrected chi connectivity index (χ1v) is 12.7. The number of nitrogens with one attached hydrogen (secondary N) is 1. The lowest BCUT2D eigenvalue weighted by atomic mass is 10.1. The molecule has 0 fully saturated rings. The van der Waals surface area contributed by atoms with Crippen LogP contribution in [0.15, 0.2) is 66.9 Å². The summed E-state index contributed by atoms with van der Waals surface area (Å²) in [6.45, 7) is 12.4.